The largest absolute Gasteiger partial charge is 0.379 e. The minimum Gasteiger partial charge on any atom is -0.379 e. The molecule has 7 heteroatoms. The number of hydrogen-bond donors (Lipinski definition) is 1. The summed E-state index contributed by atoms with van der Waals surface area (Å²) in [6.07, 6.45) is 1.64. The van der Waals surface area contributed by atoms with Gasteiger partial charge in [-0.2, -0.15) is 0 Å². The van der Waals surface area contributed by atoms with Crippen molar-refractivity contribution >= 4 is 11.4 Å². The highest BCUT2D eigenvalue weighted by Gasteiger charge is 2.06. The fourth-order valence-corrected chi connectivity index (χ4v) is 1.39. The third kappa shape index (κ3) is 2.57. The molecular weight excluding hydrogens is 222 g/mol. The van der Waals surface area contributed by atoms with Crippen LogP contribution in [0.2, 0.25) is 0 Å². The van der Waals surface area contributed by atoms with Crippen LogP contribution >= 0.6 is 0 Å². The van der Waals surface area contributed by atoms with Gasteiger partial charge in [0.05, 0.1) is 23.4 Å². The molecule has 0 fully saturated rings. The monoisotopic (exact) mass is 233 g/mol. The van der Waals surface area contributed by atoms with E-state index in [0.717, 1.165) is 5.69 Å². The standard InChI is InChI=1S/C10H11N5O2/c1-14-10(7-12-13-14)6-11-8-3-2-4-9(5-8)15(16)17/h2-5,7,11H,6H2,1H3. The molecule has 88 valence electrons. The quantitative estimate of drug-likeness (QED) is 0.636. The highest BCUT2D eigenvalue weighted by Crippen LogP contribution is 2.17. The van der Waals surface area contributed by atoms with Gasteiger partial charge in [0.25, 0.3) is 5.69 Å². The van der Waals surface area contributed by atoms with Gasteiger partial charge in [0, 0.05) is 24.9 Å². The molecule has 2 aromatic rings. The zero-order valence-electron chi connectivity index (χ0n) is 9.20. The van der Waals surface area contributed by atoms with E-state index in [-0.39, 0.29) is 5.69 Å². The number of nitro benzene ring substituents is 1. The van der Waals surface area contributed by atoms with Crippen molar-refractivity contribution in [1.82, 2.24) is 15.0 Å². The third-order valence-corrected chi connectivity index (χ3v) is 2.34. The van der Waals surface area contributed by atoms with Crippen LogP contribution in [0, 0.1) is 10.1 Å². The van der Waals surface area contributed by atoms with Crippen molar-refractivity contribution in [3.63, 3.8) is 0 Å². The predicted octanol–water partition coefficient (Wildman–Crippen LogP) is 1.34. The maximum atomic E-state index is 10.6. The Morgan fingerprint density at radius 1 is 1.53 bits per heavy atom. The van der Waals surface area contributed by atoms with Crippen LogP contribution in [-0.4, -0.2) is 19.9 Å². The molecule has 0 atom stereocenters. The predicted molar refractivity (Wildman–Crippen MR) is 61.4 cm³/mol. The number of aryl methyl sites for hydroxylation is 1. The first-order valence-electron chi connectivity index (χ1n) is 4.98. The van der Waals surface area contributed by atoms with Crippen molar-refractivity contribution < 1.29 is 4.92 Å². The highest BCUT2D eigenvalue weighted by molar-refractivity contribution is 5.50. The van der Waals surface area contributed by atoms with Crippen LogP contribution in [0.4, 0.5) is 11.4 Å². The molecule has 0 saturated heterocycles. The van der Waals surface area contributed by atoms with Gasteiger partial charge in [-0.15, -0.1) is 5.10 Å². The Morgan fingerprint density at radius 3 is 3.00 bits per heavy atom. The second-order valence-electron chi connectivity index (χ2n) is 3.51. The van der Waals surface area contributed by atoms with E-state index in [2.05, 4.69) is 15.6 Å². The number of nitro groups is 1. The van der Waals surface area contributed by atoms with Gasteiger partial charge in [0.1, 0.15) is 0 Å². The topological polar surface area (TPSA) is 85.9 Å². The van der Waals surface area contributed by atoms with Gasteiger partial charge >= 0.3 is 0 Å². The average Bonchev–Trinajstić information content (AvgIpc) is 2.72. The lowest BCUT2D eigenvalue weighted by Gasteiger charge is -2.05. The first kappa shape index (κ1) is 11.1. The van der Waals surface area contributed by atoms with Gasteiger partial charge in [0.2, 0.25) is 0 Å². The van der Waals surface area contributed by atoms with Crippen LogP contribution in [0.3, 0.4) is 0 Å². The summed E-state index contributed by atoms with van der Waals surface area (Å²) in [5.41, 5.74) is 1.66. The molecular formula is C10H11N5O2. The van der Waals surface area contributed by atoms with Crippen molar-refractivity contribution in [2.24, 2.45) is 7.05 Å². The number of hydrogen-bond acceptors (Lipinski definition) is 5. The molecule has 0 aliphatic rings. The van der Waals surface area contributed by atoms with Crippen LogP contribution < -0.4 is 5.32 Å². The summed E-state index contributed by atoms with van der Waals surface area (Å²) in [7, 11) is 1.79. The molecule has 1 aromatic heterocycles. The molecule has 0 radical (unpaired) electrons. The SMILES string of the molecule is Cn1nncc1CNc1cccc([N+](=O)[O-])c1. The van der Waals surface area contributed by atoms with E-state index in [1.807, 2.05) is 0 Å². The Balaban J connectivity index is 2.07. The van der Waals surface area contributed by atoms with E-state index in [0.29, 0.717) is 12.2 Å². The first-order valence-corrected chi connectivity index (χ1v) is 4.98. The van der Waals surface area contributed by atoms with Crippen LogP contribution in [-0.2, 0) is 13.6 Å². The van der Waals surface area contributed by atoms with Crippen LogP contribution in [0.25, 0.3) is 0 Å². The molecule has 2 rings (SSSR count). The van der Waals surface area contributed by atoms with E-state index in [9.17, 15) is 10.1 Å². The van der Waals surface area contributed by atoms with Crippen LogP contribution in [0.1, 0.15) is 5.69 Å². The first-order chi connectivity index (χ1) is 8.16. The highest BCUT2D eigenvalue weighted by atomic mass is 16.6. The molecule has 0 unspecified atom stereocenters. The number of rotatable bonds is 4. The van der Waals surface area contributed by atoms with E-state index >= 15 is 0 Å². The molecule has 1 aromatic carbocycles. The summed E-state index contributed by atoms with van der Waals surface area (Å²) < 4.78 is 1.64. The summed E-state index contributed by atoms with van der Waals surface area (Å²) in [4.78, 5) is 10.2. The lowest BCUT2D eigenvalue weighted by Crippen LogP contribution is -2.05. The second-order valence-corrected chi connectivity index (χ2v) is 3.51. The lowest BCUT2D eigenvalue weighted by molar-refractivity contribution is -0.384. The molecule has 0 spiro atoms. The van der Waals surface area contributed by atoms with Gasteiger partial charge in [-0.1, -0.05) is 11.3 Å². The van der Waals surface area contributed by atoms with Gasteiger partial charge < -0.3 is 5.32 Å². The van der Waals surface area contributed by atoms with Gasteiger partial charge in [-0.05, 0) is 6.07 Å². The summed E-state index contributed by atoms with van der Waals surface area (Å²) in [5.74, 6) is 0. The maximum absolute atomic E-state index is 10.6. The summed E-state index contributed by atoms with van der Waals surface area (Å²) >= 11 is 0. The fraction of sp³-hybridized carbons (Fsp3) is 0.200. The minimum absolute atomic E-state index is 0.0677. The van der Waals surface area contributed by atoms with E-state index < -0.39 is 4.92 Å². The lowest BCUT2D eigenvalue weighted by atomic mass is 10.3. The molecule has 0 bridgehead atoms. The smallest absolute Gasteiger partial charge is 0.271 e. The Kier molecular flexibility index (Phi) is 2.99. The molecule has 0 saturated carbocycles. The van der Waals surface area contributed by atoms with Gasteiger partial charge in [-0.25, -0.2) is 0 Å². The minimum atomic E-state index is -0.420. The fourth-order valence-electron chi connectivity index (χ4n) is 1.39. The molecule has 7 nitrogen and oxygen atoms in total. The molecule has 1 N–H and O–H groups in total. The maximum Gasteiger partial charge on any atom is 0.271 e. The third-order valence-electron chi connectivity index (χ3n) is 2.34. The van der Waals surface area contributed by atoms with Crippen molar-refractivity contribution in [3.8, 4) is 0 Å². The molecule has 1 heterocycles. The number of nitrogens with one attached hydrogen (secondary N) is 1. The van der Waals surface area contributed by atoms with Crippen molar-refractivity contribution in [2.75, 3.05) is 5.32 Å². The molecule has 0 amide bonds. The second kappa shape index (κ2) is 4.60. The number of non-ortho nitro benzene ring substituents is 1. The normalized spacial score (nSPS) is 10.2. The Morgan fingerprint density at radius 2 is 2.35 bits per heavy atom. The van der Waals surface area contributed by atoms with Crippen molar-refractivity contribution in [2.45, 2.75) is 6.54 Å². The van der Waals surface area contributed by atoms with E-state index in [1.54, 1.807) is 30.1 Å². The van der Waals surface area contributed by atoms with Crippen molar-refractivity contribution in [1.29, 1.82) is 0 Å². The summed E-state index contributed by atoms with van der Waals surface area (Å²) in [6, 6.07) is 6.36. The number of aromatic nitrogens is 3. The van der Waals surface area contributed by atoms with E-state index in [1.165, 1.54) is 12.1 Å². The summed E-state index contributed by atoms with van der Waals surface area (Å²) in [5, 5.41) is 21.2. The van der Waals surface area contributed by atoms with Crippen LogP contribution in [0.15, 0.2) is 30.5 Å². The van der Waals surface area contributed by atoms with Crippen LogP contribution in [0.5, 0.6) is 0 Å². The van der Waals surface area contributed by atoms with E-state index in [4.69, 9.17) is 0 Å². The number of anilines is 1. The molecule has 0 aliphatic heterocycles. The number of benzene rings is 1. The molecule has 17 heavy (non-hydrogen) atoms. The average molecular weight is 233 g/mol. The Bertz CT molecular complexity index is 537. The summed E-state index contributed by atoms with van der Waals surface area (Å²) in [6.45, 7) is 0.519. The Hall–Kier alpha value is -2.44. The number of nitrogens with zero attached hydrogens (tertiary/aromatic N) is 4. The van der Waals surface area contributed by atoms with Gasteiger partial charge in [0.15, 0.2) is 0 Å². The van der Waals surface area contributed by atoms with Crippen molar-refractivity contribution in [3.05, 3.63) is 46.3 Å². The van der Waals surface area contributed by atoms with Gasteiger partial charge in [-0.3, -0.25) is 14.8 Å². The zero-order chi connectivity index (χ0) is 12.3. The molecule has 0 aliphatic carbocycles. The Labute approximate surface area is 97.2 Å². The zero-order valence-corrected chi connectivity index (χ0v) is 9.20.